The summed E-state index contributed by atoms with van der Waals surface area (Å²) >= 11 is 0. The first-order chi connectivity index (χ1) is 19.2. The van der Waals surface area contributed by atoms with Crippen LogP contribution in [0.15, 0.2) is 85.2 Å². The second-order valence-electron chi connectivity index (χ2n) is 10.2. The Balaban J connectivity index is 1.38. The molecule has 1 atom stereocenters. The predicted molar refractivity (Wildman–Crippen MR) is 151 cm³/mol. The van der Waals surface area contributed by atoms with Crippen LogP contribution < -0.4 is 10.6 Å². The average Bonchev–Trinajstić information content (AvgIpc) is 3.58. The van der Waals surface area contributed by atoms with Crippen LogP contribution in [0.25, 0.3) is 10.9 Å². The smallest absolute Gasteiger partial charge is 0.223 e. The molecule has 0 aliphatic carbocycles. The number of para-hydroxylation sites is 1. The van der Waals surface area contributed by atoms with Crippen LogP contribution in [0.3, 0.4) is 0 Å². The topological polar surface area (TPSA) is 101 Å². The van der Waals surface area contributed by atoms with Crippen LogP contribution in [0, 0.1) is 5.92 Å². The molecule has 3 aromatic heterocycles. The number of aromatic amines is 1. The minimum absolute atomic E-state index is 0.00679. The zero-order valence-electron chi connectivity index (χ0n) is 21.9. The first-order valence-electron chi connectivity index (χ1n) is 13.7. The minimum atomic E-state index is -0.340. The summed E-state index contributed by atoms with van der Waals surface area (Å²) in [6.07, 6.45) is 6.77. The summed E-state index contributed by atoms with van der Waals surface area (Å²) in [6.45, 7) is 2.25. The Morgan fingerprint density at radius 2 is 1.77 bits per heavy atom. The van der Waals surface area contributed by atoms with Crippen LogP contribution in [0.4, 0.5) is 0 Å². The summed E-state index contributed by atoms with van der Waals surface area (Å²) in [4.78, 5) is 21.5. The van der Waals surface area contributed by atoms with Crippen molar-refractivity contribution >= 4 is 16.8 Å². The summed E-state index contributed by atoms with van der Waals surface area (Å²) in [5.41, 5.74) is 4.29. The van der Waals surface area contributed by atoms with E-state index in [0.717, 1.165) is 65.3 Å². The van der Waals surface area contributed by atoms with Crippen LogP contribution in [0.2, 0.25) is 0 Å². The largest absolute Gasteiger partial charge is 0.361 e. The molecule has 5 aromatic rings. The van der Waals surface area contributed by atoms with E-state index in [1.54, 1.807) is 6.20 Å². The van der Waals surface area contributed by atoms with Gasteiger partial charge in [-0.15, -0.1) is 10.2 Å². The molecule has 4 heterocycles. The van der Waals surface area contributed by atoms with E-state index in [9.17, 15) is 4.79 Å². The second-order valence-corrected chi connectivity index (χ2v) is 10.2. The Bertz CT molecular complexity index is 1520. The number of H-pyrrole nitrogens is 1. The molecule has 0 spiro atoms. The maximum Gasteiger partial charge on any atom is 0.223 e. The quantitative estimate of drug-likeness (QED) is 0.271. The first-order valence-corrected chi connectivity index (χ1v) is 13.7. The third-order valence-electron chi connectivity index (χ3n) is 7.54. The SMILES string of the molecule is O=C(NC(Cc1c[nH]c2ccccc12)c1nnc(Cc2ccccc2)n1Cc1ccccn1)C1CCNCC1. The van der Waals surface area contributed by atoms with Crippen LogP contribution in [0.5, 0.6) is 0 Å². The van der Waals surface area contributed by atoms with E-state index in [0.29, 0.717) is 19.4 Å². The van der Waals surface area contributed by atoms with Gasteiger partial charge in [0.25, 0.3) is 0 Å². The molecule has 39 heavy (non-hydrogen) atoms. The molecular weight excluding hydrogens is 486 g/mol. The summed E-state index contributed by atoms with van der Waals surface area (Å²) in [5.74, 6) is 1.67. The van der Waals surface area contributed by atoms with Crippen LogP contribution in [-0.2, 0) is 24.2 Å². The Morgan fingerprint density at radius 3 is 2.59 bits per heavy atom. The van der Waals surface area contributed by atoms with Gasteiger partial charge in [-0.3, -0.25) is 9.78 Å². The normalized spacial score (nSPS) is 14.9. The predicted octanol–water partition coefficient (Wildman–Crippen LogP) is 4.19. The fourth-order valence-corrected chi connectivity index (χ4v) is 5.44. The molecule has 2 aromatic carbocycles. The molecule has 1 fully saturated rings. The number of pyridine rings is 1. The number of aromatic nitrogens is 5. The lowest BCUT2D eigenvalue weighted by molar-refractivity contribution is -0.126. The monoisotopic (exact) mass is 519 g/mol. The number of nitrogens with zero attached hydrogens (tertiary/aromatic N) is 4. The standard InChI is InChI=1S/C31H33N7O/c39-31(23-13-16-32-17-14-23)35-28(19-24-20-34-27-12-5-4-11-26(24)27)30-37-36-29(18-22-8-2-1-3-9-22)38(30)21-25-10-6-7-15-33-25/h1-12,15,20,23,28,32,34H,13-14,16-19,21H2,(H,35,39). The van der Waals surface area contributed by atoms with Crippen molar-refractivity contribution < 1.29 is 4.79 Å². The molecule has 198 valence electrons. The highest BCUT2D eigenvalue weighted by atomic mass is 16.2. The van der Waals surface area contributed by atoms with Crippen LogP contribution >= 0.6 is 0 Å². The van der Waals surface area contributed by atoms with Crippen molar-refractivity contribution in [1.82, 2.24) is 35.4 Å². The number of amides is 1. The highest BCUT2D eigenvalue weighted by molar-refractivity contribution is 5.83. The maximum absolute atomic E-state index is 13.5. The summed E-state index contributed by atoms with van der Waals surface area (Å²) in [5, 5.41) is 17.3. The maximum atomic E-state index is 13.5. The van der Waals surface area contributed by atoms with Crippen LogP contribution in [-0.4, -0.2) is 43.7 Å². The molecule has 0 radical (unpaired) electrons. The molecule has 0 saturated carbocycles. The van der Waals surface area contributed by atoms with Crippen molar-refractivity contribution in [2.24, 2.45) is 5.92 Å². The number of hydrogen-bond donors (Lipinski definition) is 3. The lowest BCUT2D eigenvalue weighted by Crippen LogP contribution is -2.41. The summed E-state index contributed by atoms with van der Waals surface area (Å²) in [6, 6.07) is 24.1. The fourth-order valence-electron chi connectivity index (χ4n) is 5.44. The van der Waals surface area contributed by atoms with Crippen molar-refractivity contribution in [3.05, 3.63) is 114 Å². The highest BCUT2D eigenvalue weighted by Crippen LogP contribution is 2.26. The van der Waals surface area contributed by atoms with E-state index in [2.05, 4.69) is 54.5 Å². The average molecular weight is 520 g/mol. The molecule has 8 heteroatoms. The van der Waals surface area contributed by atoms with Gasteiger partial charge in [-0.1, -0.05) is 54.6 Å². The third-order valence-corrected chi connectivity index (χ3v) is 7.54. The number of piperidine rings is 1. The third kappa shape index (κ3) is 5.76. The number of carbonyl (C=O) groups excluding carboxylic acids is 1. The number of carbonyl (C=O) groups is 1. The Labute approximate surface area is 227 Å². The van der Waals surface area contributed by atoms with Crippen molar-refractivity contribution in [2.75, 3.05) is 13.1 Å². The van der Waals surface area contributed by atoms with E-state index in [4.69, 9.17) is 5.10 Å². The highest BCUT2D eigenvalue weighted by Gasteiger charge is 2.28. The van der Waals surface area contributed by atoms with Gasteiger partial charge in [0.1, 0.15) is 5.82 Å². The molecule has 1 aliphatic heterocycles. The van der Waals surface area contributed by atoms with Gasteiger partial charge >= 0.3 is 0 Å². The molecule has 8 nitrogen and oxygen atoms in total. The molecule has 1 saturated heterocycles. The van der Waals surface area contributed by atoms with Gasteiger partial charge in [-0.25, -0.2) is 0 Å². The Morgan fingerprint density at radius 1 is 0.974 bits per heavy atom. The van der Waals surface area contributed by atoms with Gasteiger partial charge < -0.3 is 20.2 Å². The first kappa shape index (κ1) is 25.0. The van der Waals surface area contributed by atoms with Crippen molar-refractivity contribution in [3.63, 3.8) is 0 Å². The van der Waals surface area contributed by atoms with Crippen molar-refractivity contribution in [3.8, 4) is 0 Å². The number of rotatable bonds is 9. The second kappa shape index (κ2) is 11.6. The van der Waals surface area contributed by atoms with Gasteiger partial charge in [0.2, 0.25) is 5.91 Å². The van der Waals surface area contributed by atoms with Gasteiger partial charge in [0.05, 0.1) is 18.3 Å². The van der Waals surface area contributed by atoms with E-state index < -0.39 is 0 Å². The minimum Gasteiger partial charge on any atom is -0.361 e. The molecule has 3 N–H and O–H groups in total. The molecule has 1 amide bonds. The van der Waals surface area contributed by atoms with E-state index >= 15 is 0 Å². The van der Waals surface area contributed by atoms with Gasteiger partial charge in [0.15, 0.2) is 5.82 Å². The number of hydrogen-bond acceptors (Lipinski definition) is 5. The molecule has 1 unspecified atom stereocenters. The lowest BCUT2D eigenvalue weighted by Gasteiger charge is -2.25. The fraction of sp³-hybridized carbons (Fsp3) is 0.290. The van der Waals surface area contributed by atoms with Crippen LogP contribution in [0.1, 0.15) is 47.4 Å². The molecule has 6 rings (SSSR count). The van der Waals surface area contributed by atoms with E-state index in [1.165, 1.54) is 0 Å². The zero-order chi connectivity index (χ0) is 26.4. The summed E-state index contributed by atoms with van der Waals surface area (Å²) in [7, 11) is 0. The number of nitrogens with one attached hydrogen (secondary N) is 3. The lowest BCUT2D eigenvalue weighted by atomic mass is 9.96. The molecule has 0 bridgehead atoms. The number of benzene rings is 2. The molecule has 1 aliphatic rings. The molecular formula is C31H33N7O. The van der Waals surface area contributed by atoms with E-state index in [1.807, 2.05) is 54.7 Å². The van der Waals surface area contributed by atoms with E-state index in [-0.39, 0.29) is 17.9 Å². The zero-order valence-corrected chi connectivity index (χ0v) is 21.9. The van der Waals surface area contributed by atoms with Gasteiger partial charge in [0, 0.05) is 42.1 Å². The Kier molecular flexibility index (Phi) is 7.45. The Hall–Kier alpha value is -4.30. The summed E-state index contributed by atoms with van der Waals surface area (Å²) < 4.78 is 2.14. The van der Waals surface area contributed by atoms with Gasteiger partial charge in [-0.05, 0) is 55.3 Å². The number of fused-ring (bicyclic) bond motifs is 1. The van der Waals surface area contributed by atoms with Crippen molar-refractivity contribution in [2.45, 2.75) is 38.3 Å². The van der Waals surface area contributed by atoms with Gasteiger partial charge in [-0.2, -0.15) is 0 Å². The van der Waals surface area contributed by atoms with Crippen molar-refractivity contribution in [1.29, 1.82) is 0 Å².